The van der Waals surface area contributed by atoms with Gasteiger partial charge in [0.15, 0.2) is 5.13 Å². The Labute approximate surface area is 145 Å². The normalized spacial score (nSPS) is 15.0. The van der Waals surface area contributed by atoms with Crippen LogP contribution in [-0.4, -0.2) is 24.0 Å². The number of nitriles is 1. The Hall–Kier alpha value is -2.65. The Kier molecular flexibility index (Phi) is 5.24. The van der Waals surface area contributed by atoms with Crippen molar-refractivity contribution in [2.24, 2.45) is 0 Å². The van der Waals surface area contributed by atoms with Gasteiger partial charge in [0, 0.05) is 30.4 Å². The highest BCUT2D eigenvalue weighted by Crippen LogP contribution is 2.21. The van der Waals surface area contributed by atoms with Gasteiger partial charge in [-0.15, -0.1) is 11.3 Å². The summed E-state index contributed by atoms with van der Waals surface area (Å²) in [7, 11) is 0. The third kappa shape index (κ3) is 4.00. The Bertz CT molecular complexity index is 753. The summed E-state index contributed by atoms with van der Waals surface area (Å²) < 4.78 is 0. The van der Waals surface area contributed by atoms with E-state index in [1.54, 1.807) is 17.7 Å². The SMILES string of the molecule is N#CC(=Cc1ccc(N2CCCCC2)cc1)C(=O)Nc1nccs1. The minimum absolute atomic E-state index is 0.0657. The number of carbonyl (C=O) groups excluding carboxylic acids is 1. The fourth-order valence-corrected chi connectivity index (χ4v) is 3.22. The summed E-state index contributed by atoms with van der Waals surface area (Å²) in [6.07, 6.45) is 6.98. The van der Waals surface area contributed by atoms with Crippen molar-refractivity contribution in [3.63, 3.8) is 0 Å². The molecular weight excluding hydrogens is 320 g/mol. The van der Waals surface area contributed by atoms with Crippen LogP contribution in [0.3, 0.4) is 0 Å². The smallest absolute Gasteiger partial charge is 0.268 e. The van der Waals surface area contributed by atoms with Crippen LogP contribution in [0.5, 0.6) is 0 Å². The van der Waals surface area contributed by atoms with Gasteiger partial charge < -0.3 is 4.90 Å². The van der Waals surface area contributed by atoms with Gasteiger partial charge >= 0.3 is 0 Å². The van der Waals surface area contributed by atoms with Gasteiger partial charge in [-0.05, 0) is 43.0 Å². The Morgan fingerprint density at radius 3 is 2.62 bits per heavy atom. The number of carbonyl (C=O) groups is 1. The van der Waals surface area contributed by atoms with E-state index in [0.717, 1.165) is 18.7 Å². The van der Waals surface area contributed by atoms with E-state index in [4.69, 9.17) is 0 Å². The van der Waals surface area contributed by atoms with Crippen LogP contribution >= 0.6 is 11.3 Å². The van der Waals surface area contributed by atoms with Gasteiger partial charge in [-0.1, -0.05) is 12.1 Å². The van der Waals surface area contributed by atoms with E-state index < -0.39 is 5.91 Å². The van der Waals surface area contributed by atoms with Crippen molar-refractivity contribution >= 4 is 34.1 Å². The van der Waals surface area contributed by atoms with Crippen molar-refractivity contribution in [1.29, 1.82) is 5.26 Å². The van der Waals surface area contributed by atoms with Crippen LogP contribution in [0, 0.1) is 11.3 Å². The number of nitrogens with zero attached hydrogens (tertiary/aromatic N) is 3. The van der Waals surface area contributed by atoms with Crippen molar-refractivity contribution < 1.29 is 4.79 Å². The minimum Gasteiger partial charge on any atom is -0.372 e. The molecule has 0 aliphatic carbocycles. The number of nitrogens with one attached hydrogen (secondary N) is 1. The van der Waals surface area contributed by atoms with Crippen molar-refractivity contribution in [2.75, 3.05) is 23.3 Å². The van der Waals surface area contributed by atoms with Crippen LogP contribution in [0.1, 0.15) is 24.8 Å². The maximum atomic E-state index is 12.1. The lowest BCUT2D eigenvalue weighted by molar-refractivity contribution is -0.112. The quantitative estimate of drug-likeness (QED) is 0.682. The molecule has 2 heterocycles. The van der Waals surface area contributed by atoms with E-state index in [2.05, 4.69) is 15.2 Å². The van der Waals surface area contributed by atoms with Gasteiger partial charge in [0.25, 0.3) is 5.91 Å². The monoisotopic (exact) mass is 338 g/mol. The van der Waals surface area contributed by atoms with Gasteiger partial charge in [-0.25, -0.2) is 4.98 Å². The number of rotatable bonds is 4. The third-order valence-corrected chi connectivity index (χ3v) is 4.63. The molecule has 1 amide bonds. The standard InChI is InChI=1S/C18H18N4OS/c19-13-15(17(23)21-18-20-8-11-24-18)12-14-4-6-16(7-5-14)22-9-2-1-3-10-22/h4-8,11-12H,1-3,9-10H2,(H,20,21,23). The van der Waals surface area contributed by atoms with Crippen LogP contribution < -0.4 is 10.2 Å². The number of anilines is 2. The van der Waals surface area contributed by atoms with E-state index in [1.807, 2.05) is 30.3 Å². The molecule has 1 fully saturated rings. The van der Waals surface area contributed by atoms with Gasteiger partial charge in [0.05, 0.1) is 0 Å². The first-order valence-electron chi connectivity index (χ1n) is 7.94. The molecule has 122 valence electrons. The fraction of sp³-hybridized carbons (Fsp3) is 0.278. The Balaban J connectivity index is 1.71. The molecule has 1 aromatic heterocycles. The number of piperidine rings is 1. The summed E-state index contributed by atoms with van der Waals surface area (Å²) in [6, 6.07) is 9.93. The number of aromatic nitrogens is 1. The Morgan fingerprint density at radius 2 is 2.00 bits per heavy atom. The summed E-state index contributed by atoms with van der Waals surface area (Å²) >= 11 is 1.32. The van der Waals surface area contributed by atoms with Gasteiger partial charge in [0.1, 0.15) is 11.6 Å². The summed E-state index contributed by atoms with van der Waals surface area (Å²) in [5.41, 5.74) is 2.09. The van der Waals surface area contributed by atoms with Crippen LogP contribution in [0.2, 0.25) is 0 Å². The number of hydrogen-bond donors (Lipinski definition) is 1. The summed E-state index contributed by atoms with van der Waals surface area (Å²) in [4.78, 5) is 18.5. The second kappa shape index (κ2) is 7.75. The highest BCUT2D eigenvalue weighted by atomic mass is 32.1. The maximum Gasteiger partial charge on any atom is 0.268 e. The second-order valence-electron chi connectivity index (χ2n) is 5.60. The zero-order valence-electron chi connectivity index (χ0n) is 13.2. The van der Waals surface area contributed by atoms with Crippen LogP contribution in [0.25, 0.3) is 6.08 Å². The predicted octanol–water partition coefficient (Wildman–Crippen LogP) is 3.68. The molecule has 0 atom stereocenters. The lowest BCUT2D eigenvalue weighted by atomic mass is 10.1. The molecular formula is C18H18N4OS. The second-order valence-corrected chi connectivity index (χ2v) is 6.50. The predicted molar refractivity (Wildman–Crippen MR) is 96.8 cm³/mol. The van der Waals surface area contributed by atoms with E-state index in [-0.39, 0.29) is 5.57 Å². The van der Waals surface area contributed by atoms with Gasteiger partial charge in [-0.2, -0.15) is 5.26 Å². The van der Waals surface area contributed by atoms with E-state index in [1.165, 1.54) is 36.3 Å². The Morgan fingerprint density at radius 1 is 1.25 bits per heavy atom. The van der Waals surface area contributed by atoms with Gasteiger partial charge in [-0.3, -0.25) is 10.1 Å². The van der Waals surface area contributed by atoms with E-state index >= 15 is 0 Å². The van der Waals surface area contributed by atoms with Crippen molar-refractivity contribution in [2.45, 2.75) is 19.3 Å². The first kappa shape index (κ1) is 16.2. The molecule has 5 nitrogen and oxygen atoms in total. The molecule has 24 heavy (non-hydrogen) atoms. The lowest BCUT2D eigenvalue weighted by Gasteiger charge is -2.28. The molecule has 0 unspecified atom stereocenters. The van der Waals surface area contributed by atoms with Crippen LogP contribution in [-0.2, 0) is 4.79 Å². The van der Waals surface area contributed by atoms with Crippen LogP contribution in [0.15, 0.2) is 41.4 Å². The highest BCUT2D eigenvalue weighted by Gasteiger charge is 2.12. The summed E-state index contributed by atoms with van der Waals surface area (Å²) in [6.45, 7) is 2.18. The largest absolute Gasteiger partial charge is 0.372 e. The zero-order chi connectivity index (χ0) is 16.8. The van der Waals surface area contributed by atoms with Crippen molar-refractivity contribution in [1.82, 2.24) is 4.98 Å². The molecule has 0 saturated carbocycles. The molecule has 1 aromatic carbocycles. The molecule has 3 rings (SSSR count). The summed E-state index contributed by atoms with van der Waals surface area (Å²) in [5, 5.41) is 14.1. The number of thiazole rings is 1. The number of hydrogen-bond acceptors (Lipinski definition) is 5. The topological polar surface area (TPSA) is 69.0 Å². The first-order valence-corrected chi connectivity index (χ1v) is 8.82. The van der Waals surface area contributed by atoms with Crippen molar-refractivity contribution in [3.05, 3.63) is 47.0 Å². The fourth-order valence-electron chi connectivity index (χ4n) is 2.70. The molecule has 6 heteroatoms. The molecule has 1 aliphatic rings. The summed E-state index contributed by atoms with van der Waals surface area (Å²) in [5.74, 6) is -0.437. The van der Waals surface area contributed by atoms with E-state index in [0.29, 0.717) is 5.13 Å². The van der Waals surface area contributed by atoms with Crippen LogP contribution in [0.4, 0.5) is 10.8 Å². The molecule has 0 spiro atoms. The van der Waals surface area contributed by atoms with Crippen molar-refractivity contribution in [3.8, 4) is 6.07 Å². The lowest BCUT2D eigenvalue weighted by Crippen LogP contribution is -2.29. The van der Waals surface area contributed by atoms with E-state index in [9.17, 15) is 10.1 Å². The molecule has 0 radical (unpaired) electrons. The number of benzene rings is 1. The molecule has 0 bridgehead atoms. The average Bonchev–Trinajstić information content (AvgIpc) is 3.14. The molecule has 1 N–H and O–H groups in total. The average molecular weight is 338 g/mol. The number of amides is 1. The molecule has 1 aliphatic heterocycles. The zero-order valence-corrected chi connectivity index (χ0v) is 14.1. The van der Waals surface area contributed by atoms with Gasteiger partial charge in [0.2, 0.25) is 0 Å². The maximum absolute atomic E-state index is 12.1. The highest BCUT2D eigenvalue weighted by molar-refractivity contribution is 7.13. The first-order chi connectivity index (χ1) is 11.8. The third-order valence-electron chi connectivity index (χ3n) is 3.94. The minimum atomic E-state index is -0.437. The molecule has 2 aromatic rings. The molecule has 1 saturated heterocycles.